The van der Waals surface area contributed by atoms with Gasteiger partial charge >= 0.3 is 17.9 Å². The number of carbonyl (C=O) groups excluding carboxylic acids is 3. The Kier molecular flexibility index (Phi) is 6.78. The van der Waals surface area contributed by atoms with Crippen LogP contribution in [0, 0.1) is 0 Å². The zero-order valence-corrected chi connectivity index (χ0v) is 16.2. The van der Waals surface area contributed by atoms with Gasteiger partial charge < -0.3 is 23.7 Å². The first-order valence-electron chi connectivity index (χ1n) is 8.83. The van der Waals surface area contributed by atoms with Gasteiger partial charge in [-0.3, -0.25) is 9.59 Å². The quantitative estimate of drug-likeness (QED) is 0.390. The molecule has 1 saturated heterocycles. The molecule has 2 aliphatic rings. The summed E-state index contributed by atoms with van der Waals surface area (Å²) in [5, 5.41) is 0. The van der Waals surface area contributed by atoms with E-state index in [2.05, 4.69) is 0 Å². The Morgan fingerprint density at radius 2 is 1.89 bits per heavy atom. The van der Waals surface area contributed by atoms with Crippen LogP contribution in [0.5, 0.6) is 0 Å². The molecule has 150 valence electrons. The molecule has 5 atom stereocenters. The van der Waals surface area contributed by atoms with Gasteiger partial charge in [-0.05, 0) is 26.8 Å². The van der Waals surface area contributed by atoms with Crippen molar-refractivity contribution in [2.24, 2.45) is 0 Å². The van der Waals surface area contributed by atoms with Gasteiger partial charge in [-0.1, -0.05) is 12.2 Å². The molecule has 0 aromatic heterocycles. The van der Waals surface area contributed by atoms with E-state index in [0.29, 0.717) is 6.42 Å². The number of rotatable bonds is 6. The summed E-state index contributed by atoms with van der Waals surface area (Å²) in [6.45, 7) is 7.71. The molecule has 0 amide bonds. The average molecular weight is 382 g/mol. The second-order valence-corrected chi connectivity index (χ2v) is 6.95. The Morgan fingerprint density at radius 1 is 1.22 bits per heavy atom. The summed E-state index contributed by atoms with van der Waals surface area (Å²) in [7, 11) is 0. The zero-order chi connectivity index (χ0) is 20.2. The van der Waals surface area contributed by atoms with E-state index in [0.717, 1.165) is 0 Å². The van der Waals surface area contributed by atoms with Crippen LogP contribution < -0.4 is 0 Å². The van der Waals surface area contributed by atoms with Crippen LogP contribution in [0.1, 0.15) is 41.0 Å². The highest BCUT2D eigenvalue weighted by Gasteiger charge is 2.45. The van der Waals surface area contributed by atoms with Crippen LogP contribution in [0.3, 0.4) is 0 Å². The van der Waals surface area contributed by atoms with Crippen LogP contribution in [0.4, 0.5) is 0 Å². The molecule has 0 bridgehead atoms. The Labute approximate surface area is 158 Å². The molecule has 8 nitrogen and oxygen atoms in total. The fourth-order valence-corrected chi connectivity index (χ4v) is 3.02. The van der Waals surface area contributed by atoms with E-state index in [-0.39, 0.29) is 0 Å². The molecule has 1 fully saturated rings. The lowest BCUT2D eigenvalue weighted by molar-refractivity contribution is -0.168. The van der Waals surface area contributed by atoms with Crippen molar-refractivity contribution in [3.8, 4) is 0 Å². The summed E-state index contributed by atoms with van der Waals surface area (Å²) in [5.74, 6) is -2.28. The zero-order valence-electron chi connectivity index (χ0n) is 16.2. The first-order valence-corrected chi connectivity index (χ1v) is 8.83. The maximum Gasteiger partial charge on any atom is 0.330 e. The molecule has 8 heteroatoms. The SMILES string of the molecule is CC(=O)O[C@@H](C)[C@H](/C=C/[C@@H]1OC(C)(C)O[C@H]1[C@H]1CC=CC(=O)O1)OC(C)=O. The van der Waals surface area contributed by atoms with Gasteiger partial charge in [0, 0.05) is 26.3 Å². The Balaban J connectivity index is 2.15. The van der Waals surface area contributed by atoms with Gasteiger partial charge in [0.25, 0.3) is 0 Å². The summed E-state index contributed by atoms with van der Waals surface area (Å²) >= 11 is 0. The molecule has 0 aromatic rings. The predicted molar refractivity (Wildman–Crippen MR) is 93.4 cm³/mol. The molecule has 0 N–H and O–H groups in total. The topological polar surface area (TPSA) is 97.4 Å². The van der Waals surface area contributed by atoms with E-state index in [9.17, 15) is 14.4 Å². The molecule has 0 aromatic carbocycles. The molecule has 2 rings (SSSR count). The van der Waals surface area contributed by atoms with E-state index in [1.807, 2.05) is 0 Å². The third-order valence-corrected chi connectivity index (χ3v) is 4.03. The van der Waals surface area contributed by atoms with Crippen LogP contribution in [-0.4, -0.2) is 54.2 Å². The molecule has 0 spiro atoms. The minimum atomic E-state index is -0.869. The molecular weight excluding hydrogens is 356 g/mol. The van der Waals surface area contributed by atoms with Crippen LogP contribution in [0.2, 0.25) is 0 Å². The summed E-state index contributed by atoms with van der Waals surface area (Å²) in [6.07, 6.45) is 3.89. The minimum Gasteiger partial charge on any atom is -0.459 e. The minimum absolute atomic E-state index is 0.427. The fraction of sp³-hybridized carbons (Fsp3) is 0.632. The van der Waals surface area contributed by atoms with Crippen molar-refractivity contribution in [1.29, 1.82) is 0 Å². The Hall–Kier alpha value is -2.19. The van der Waals surface area contributed by atoms with Gasteiger partial charge in [0.2, 0.25) is 0 Å². The molecular formula is C19H26O8. The van der Waals surface area contributed by atoms with E-state index in [1.165, 1.54) is 19.9 Å². The van der Waals surface area contributed by atoms with Crippen molar-refractivity contribution in [3.05, 3.63) is 24.3 Å². The average Bonchev–Trinajstić information content (AvgIpc) is 2.85. The van der Waals surface area contributed by atoms with Crippen LogP contribution in [-0.2, 0) is 38.1 Å². The molecule has 0 aliphatic carbocycles. The van der Waals surface area contributed by atoms with Gasteiger partial charge in [-0.25, -0.2) is 4.79 Å². The Bertz CT molecular complexity index is 636. The van der Waals surface area contributed by atoms with E-state index in [4.69, 9.17) is 23.7 Å². The number of cyclic esters (lactones) is 1. The van der Waals surface area contributed by atoms with Crippen LogP contribution in [0.15, 0.2) is 24.3 Å². The summed E-state index contributed by atoms with van der Waals surface area (Å²) < 4.78 is 27.5. The standard InChI is InChI=1S/C19H26O8/c1-11(23-12(2)20)14(24-13(3)21)9-10-16-18(27-19(4,5)26-16)15-7-6-8-17(22)25-15/h6,8-11,14-16,18H,7H2,1-5H3/b10-9+/t11-,14-,15+,16-,18-/m0/s1. The smallest absolute Gasteiger partial charge is 0.330 e. The number of esters is 3. The first-order chi connectivity index (χ1) is 12.6. The van der Waals surface area contributed by atoms with Crippen molar-refractivity contribution >= 4 is 17.9 Å². The first kappa shape index (κ1) is 21.1. The Morgan fingerprint density at radius 3 is 2.48 bits per heavy atom. The van der Waals surface area contributed by atoms with Gasteiger partial charge in [0.05, 0.1) is 0 Å². The van der Waals surface area contributed by atoms with Crippen molar-refractivity contribution in [2.75, 3.05) is 0 Å². The lowest BCUT2D eigenvalue weighted by Crippen LogP contribution is -2.39. The summed E-state index contributed by atoms with van der Waals surface area (Å²) in [4.78, 5) is 34.1. The third-order valence-electron chi connectivity index (χ3n) is 4.03. The molecule has 0 saturated carbocycles. The van der Waals surface area contributed by atoms with Crippen molar-refractivity contribution in [3.63, 3.8) is 0 Å². The third kappa shape index (κ3) is 6.18. The van der Waals surface area contributed by atoms with Crippen molar-refractivity contribution in [1.82, 2.24) is 0 Å². The highest BCUT2D eigenvalue weighted by atomic mass is 16.8. The molecule has 2 heterocycles. The van der Waals surface area contributed by atoms with Gasteiger partial charge in [-0.2, -0.15) is 0 Å². The maximum absolute atomic E-state index is 11.5. The molecule has 0 unspecified atom stereocenters. The summed E-state index contributed by atoms with van der Waals surface area (Å²) in [6, 6.07) is 0. The second-order valence-electron chi connectivity index (χ2n) is 6.95. The number of hydrogen-bond donors (Lipinski definition) is 0. The molecule has 0 radical (unpaired) electrons. The second kappa shape index (κ2) is 8.67. The van der Waals surface area contributed by atoms with E-state index < -0.39 is 54.2 Å². The lowest BCUT2D eigenvalue weighted by atomic mass is 10.0. The van der Waals surface area contributed by atoms with Gasteiger partial charge in [0.1, 0.15) is 24.4 Å². The molecule has 27 heavy (non-hydrogen) atoms. The number of carbonyl (C=O) groups is 3. The van der Waals surface area contributed by atoms with Gasteiger partial charge in [-0.15, -0.1) is 0 Å². The lowest BCUT2D eigenvalue weighted by Gasteiger charge is -2.26. The highest BCUT2D eigenvalue weighted by molar-refractivity contribution is 5.82. The van der Waals surface area contributed by atoms with E-state index in [1.54, 1.807) is 39.0 Å². The number of hydrogen-bond acceptors (Lipinski definition) is 8. The summed E-state index contributed by atoms with van der Waals surface area (Å²) in [5.41, 5.74) is 0. The van der Waals surface area contributed by atoms with Gasteiger partial charge in [0.15, 0.2) is 11.9 Å². The predicted octanol–water partition coefficient (Wildman–Crippen LogP) is 1.82. The monoisotopic (exact) mass is 382 g/mol. The largest absolute Gasteiger partial charge is 0.459 e. The molecule has 2 aliphatic heterocycles. The van der Waals surface area contributed by atoms with Crippen LogP contribution >= 0.6 is 0 Å². The highest BCUT2D eigenvalue weighted by Crippen LogP contribution is 2.33. The fourth-order valence-electron chi connectivity index (χ4n) is 3.02. The maximum atomic E-state index is 11.5. The van der Waals surface area contributed by atoms with Crippen molar-refractivity contribution < 1.29 is 38.1 Å². The van der Waals surface area contributed by atoms with E-state index >= 15 is 0 Å². The van der Waals surface area contributed by atoms with Crippen LogP contribution in [0.25, 0.3) is 0 Å². The normalized spacial score (nSPS) is 29.2. The van der Waals surface area contributed by atoms with Crippen molar-refractivity contribution in [2.45, 2.75) is 77.3 Å². The number of ether oxygens (including phenoxy) is 5.